The molecule has 0 saturated heterocycles. The first-order chi connectivity index (χ1) is 12.8. The summed E-state index contributed by atoms with van der Waals surface area (Å²) in [5, 5.41) is 1.39. The number of aryl methyl sites for hydroxylation is 1. The van der Waals surface area contributed by atoms with Crippen LogP contribution in [0.1, 0.15) is 46.8 Å². The second-order valence-electron chi connectivity index (χ2n) is 6.76. The topological polar surface area (TPSA) is 52.3 Å². The first kappa shape index (κ1) is 18.5. The third kappa shape index (κ3) is 3.37. The lowest BCUT2D eigenvalue weighted by Crippen LogP contribution is -2.13. The fourth-order valence-corrected chi connectivity index (χ4v) is 3.23. The van der Waals surface area contributed by atoms with Gasteiger partial charge in [0.25, 0.3) is 0 Å². The van der Waals surface area contributed by atoms with Crippen molar-refractivity contribution in [3.8, 4) is 18.1 Å². The van der Waals surface area contributed by atoms with Gasteiger partial charge in [-0.15, -0.1) is 6.42 Å². The number of hydrogen-bond donors (Lipinski definition) is 1. The van der Waals surface area contributed by atoms with Gasteiger partial charge in [0, 0.05) is 11.1 Å². The van der Waals surface area contributed by atoms with Crippen molar-refractivity contribution in [2.45, 2.75) is 26.7 Å². The van der Waals surface area contributed by atoms with Crippen LogP contribution < -0.4 is 10.5 Å². The maximum atomic E-state index is 14.1. The number of anilines is 1. The summed E-state index contributed by atoms with van der Waals surface area (Å²) < 4.78 is 19.7. The van der Waals surface area contributed by atoms with E-state index >= 15 is 0 Å². The van der Waals surface area contributed by atoms with Gasteiger partial charge >= 0.3 is 5.97 Å². The fourth-order valence-electron chi connectivity index (χ4n) is 3.23. The van der Waals surface area contributed by atoms with Crippen molar-refractivity contribution in [2.75, 3.05) is 5.73 Å². The molecule has 0 aliphatic rings. The zero-order chi connectivity index (χ0) is 19.7. The lowest BCUT2D eigenvalue weighted by molar-refractivity contribution is 0.0735. The number of esters is 1. The number of rotatable bonds is 3. The summed E-state index contributed by atoms with van der Waals surface area (Å²) in [5.74, 6) is 1.89. The summed E-state index contributed by atoms with van der Waals surface area (Å²) in [5.41, 5.74) is 8.41. The van der Waals surface area contributed by atoms with E-state index < -0.39 is 11.8 Å². The van der Waals surface area contributed by atoms with Crippen molar-refractivity contribution >= 4 is 22.4 Å². The average Bonchev–Trinajstić information content (AvgIpc) is 2.61. The number of ether oxygens (including phenoxy) is 1. The molecule has 2 N–H and O–H groups in total. The Morgan fingerprint density at radius 2 is 1.96 bits per heavy atom. The molecule has 0 unspecified atom stereocenters. The van der Waals surface area contributed by atoms with Crippen LogP contribution in [0, 0.1) is 25.1 Å². The quantitative estimate of drug-likeness (QED) is 0.302. The van der Waals surface area contributed by atoms with Crippen LogP contribution in [-0.2, 0) is 0 Å². The normalized spacial score (nSPS) is 10.8. The van der Waals surface area contributed by atoms with E-state index in [-0.39, 0.29) is 11.5 Å². The number of hydrogen-bond acceptors (Lipinski definition) is 3. The van der Waals surface area contributed by atoms with E-state index in [9.17, 15) is 9.18 Å². The zero-order valence-corrected chi connectivity index (χ0v) is 15.5. The highest BCUT2D eigenvalue weighted by molar-refractivity contribution is 5.99. The number of nitrogen functional groups attached to an aromatic ring is 1. The van der Waals surface area contributed by atoms with Crippen molar-refractivity contribution in [1.29, 1.82) is 0 Å². The molecular weight excluding hydrogens is 341 g/mol. The Bertz CT molecular complexity index is 1070. The van der Waals surface area contributed by atoms with E-state index in [4.69, 9.17) is 16.9 Å². The van der Waals surface area contributed by atoms with E-state index in [1.807, 2.05) is 13.8 Å². The third-order valence-electron chi connectivity index (χ3n) is 4.56. The number of carbonyl (C=O) groups is 1. The molecule has 136 valence electrons. The SMILES string of the molecule is C#Cc1c(F)ccc2cc(OC(=O)c3c(C)cccc3N)cc(C(C)C)c12. The van der Waals surface area contributed by atoms with Gasteiger partial charge in [-0.2, -0.15) is 0 Å². The van der Waals surface area contributed by atoms with E-state index in [1.165, 1.54) is 6.07 Å². The minimum Gasteiger partial charge on any atom is -0.423 e. The molecule has 0 saturated carbocycles. The highest BCUT2D eigenvalue weighted by atomic mass is 19.1. The Kier molecular flexibility index (Phi) is 4.87. The van der Waals surface area contributed by atoms with E-state index in [2.05, 4.69) is 5.92 Å². The highest BCUT2D eigenvalue weighted by Gasteiger charge is 2.18. The van der Waals surface area contributed by atoms with Crippen molar-refractivity contribution in [3.63, 3.8) is 0 Å². The fraction of sp³-hybridized carbons (Fsp3) is 0.174. The molecule has 27 heavy (non-hydrogen) atoms. The van der Waals surface area contributed by atoms with Gasteiger partial charge < -0.3 is 10.5 Å². The summed E-state index contributed by atoms with van der Waals surface area (Å²) >= 11 is 0. The second kappa shape index (κ2) is 7.13. The van der Waals surface area contributed by atoms with Gasteiger partial charge in [-0.1, -0.05) is 38.0 Å². The van der Waals surface area contributed by atoms with Gasteiger partial charge in [0.15, 0.2) is 0 Å². The van der Waals surface area contributed by atoms with Gasteiger partial charge in [-0.3, -0.25) is 0 Å². The predicted octanol–water partition coefficient (Wildman–Crippen LogP) is 5.19. The van der Waals surface area contributed by atoms with E-state index in [1.54, 1.807) is 43.3 Å². The summed E-state index contributed by atoms with van der Waals surface area (Å²) in [7, 11) is 0. The Balaban J connectivity index is 2.13. The van der Waals surface area contributed by atoms with Crippen molar-refractivity contribution < 1.29 is 13.9 Å². The lowest BCUT2D eigenvalue weighted by Gasteiger charge is -2.16. The molecular formula is C23H20FNO2. The maximum Gasteiger partial charge on any atom is 0.345 e. The summed E-state index contributed by atoms with van der Waals surface area (Å²) in [6.45, 7) is 5.75. The van der Waals surface area contributed by atoms with Crippen LogP contribution in [0.4, 0.5) is 10.1 Å². The van der Waals surface area contributed by atoms with Crippen LogP contribution in [-0.4, -0.2) is 5.97 Å². The van der Waals surface area contributed by atoms with Crippen LogP contribution in [0.25, 0.3) is 10.8 Å². The number of nitrogens with two attached hydrogens (primary N) is 1. The summed E-state index contributed by atoms with van der Waals surface area (Å²) in [4.78, 5) is 12.7. The largest absolute Gasteiger partial charge is 0.423 e. The molecule has 0 amide bonds. The van der Waals surface area contributed by atoms with Crippen LogP contribution in [0.5, 0.6) is 5.75 Å². The van der Waals surface area contributed by atoms with Gasteiger partial charge in [0.1, 0.15) is 11.6 Å². The molecule has 0 bridgehead atoms. The summed E-state index contributed by atoms with van der Waals surface area (Å²) in [6.07, 6.45) is 5.52. The molecule has 0 aromatic heterocycles. The van der Waals surface area contributed by atoms with Crippen LogP contribution >= 0.6 is 0 Å². The average molecular weight is 361 g/mol. The number of carbonyl (C=O) groups excluding carboxylic acids is 1. The Morgan fingerprint density at radius 3 is 2.59 bits per heavy atom. The van der Waals surface area contributed by atoms with Gasteiger partial charge in [-0.05, 0) is 53.6 Å². The molecule has 0 aliphatic heterocycles. The Morgan fingerprint density at radius 1 is 1.22 bits per heavy atom. The molecule has 0 aliphatic carbocycles. The monoisotopic (exact) mass is 361 g/mol. The molecule has 3 aromatic rings. The second-order valence-corrected chi connectivity index (χ2v) is 6.76. The Labute approximate surface area is 158 Å². The van der Waals surface area contributed by atoms with Crippen molar-refractivity contribution in [2.24, 2.45) is 0 Å². The van der Waals surface area contributed by atoms with Crippen LogP contribution in [0.15, 0.2) is 42.5 Å². The summed E-state index contributed by atoms with van der Waals surface area (Å²) in [6, 6.07) is 11.6. The van der Waals surface area contributed by atoms with E-state index in [0.29, 0.717) is 22.4 Å². The van der Waals surface area contributed by atoms with Crippen LogP contribution in [0.3, 0.4) is 0 Å². The highest BCUT2D eigenvalue weighted by Crippen LogP contribution is 2.34. The standard InChI is InChI=1S/C23H20FNO2/c1-5-17-19(24)10-9-15-11-16(12-18(13(2)3)22(15)17)27-23(26)21-14(4)7-6-8-20(21)25/h1,6-13H,25H2,2-4H3. The molecule has 3 aromatic carbocycles. The first-order valence-electron chi connectivity index (χ1n) is 8.63. The minimum absolute atomic E-state index is 0.0589. The minimum atomic E-state index is -0.529. The maximum absolute atomic E-state index is 14.1. The third-order valence-corrected chi connectivity index (χ3v) is 4.56. The molecule has 0 radical (unpaired) electrons. The number of halogens is 1. The molecule has 0 fully saturated rings. The van der Waals surface area contributed by atoms with Crippen molar-refractivity contribution in [3.05, 3.63) is 70.5 Å². The molecule has 4 heteroatoms. The number of terminal acetylenes is 1. The molecule has 3 rings (SSSR count). The number of fused-ring (bicyclic) bond motifs is 1. The Hall–Kier alpha value is -3.32. The lowest BCUT2D eigenvalue weighted by atomic mass is 9.92. The molecule has 0 spiro atoms. The molecule has 0 heterocycles. The first-order valence-corrected chi connectivity index (χ1v) is 8.63. The molecule has 0 atom stereocenters. The molecule has 3 nitrogen and oxygen atoms in total. The van der Waals surface area contributed by atoms with Crippen LogP contribution in [0.2, 0.25) is 0 Å². The van der Waals surface area contributed by atoms with Crippen molar-refractivity contribution in [1.82, 2.24) is 0 Å². The van der Waals surface area contributed by atoms with Gasteiger partial charge in [0.2, 0.25) is 0 Å². The van der Waals surface area contributed by atoms with Gasteiger partial charge in [-0.25, -0.2) is 9.18 Å². The van der Waals surface area contributed by atoms with E-state index in [0.717, 1.165) is 16.5 Å². The zero-order valence-electron chi connectivity index (χ0n) is 15.5. The van der Waals surface area contributed by atoms with Gasteiger partial charge in [0.05, 0.1) is 11.1 Å². The predicted molar refractivity (Wildman–Crippen MR) is 106 cm³/mol. The smallest absolute Gasteiger partial charge is 0.345 e. The number of benzene rings is 3.